The molecule has 4 N–H and O–H groups in total. The fourth-order valence-electron chi connectivity index (χ4n) is 2.09. The molecular weight excluding hydrogens is 346 g/mol. The molecular formula is C17H16ClN3O4. The van der Waals surface area contributed by atoms with Gasteiger partial charge in [-0.15, -0.1) is 0 Å². The summed E-state index contributed by atoms with van der Waals surface area (Å²) in [5, 5.41) is 5.27. The number of halogens is 1. The average Bonchev–Trinajstić information content (AvgIpc) is 2.58. The summed E-state index contributed by atoms with van der Waals surface area (Å²) in [4.78, 5) is 35.6. The number of primary amides is 1. The molecule has 25 heavy (non-hydrogen) atoms. The molecule has 8 heteroatoms. The summed E-state index contributed by atoms with van der Waals surface area (Å²) >= 11 is 6.00. The number of nitrogens with one attached hydrogen (secondary N) is 2. The van der Waals surface area contributed by atoms with E-state index in [4.69, 9.17) is 22.1 Å². The predicted molar refractivity (Wildman–Crippen MR) is 95.0 cm³/mol. The number of methoxy groups -OCH3 is 1. The van der Waals surface area contributed by atoms with Crippen molar-refractivity contribution < 1.29 is 19.1 Å². The van der Waals surface area contributed by atoms with Crippen LogP contribution in [0.25, 0.3) is 0 Å². The second-order valence-corrected chi connectivity index (χ2v) is 5.53. The highest BCUT2D eigenvalue weighted by atomic mass is 35.5. The van der Waals surface area contributed by atoms with Crippen LogP contribution >= 0.6 is 11.6 Å². The molecule has 0 spiro atoms. The molecule has 2 aromatic rings. The fourth-order valence-corrected chi connectivity index (χ4v) is 2.25. The van der Waals surface area contributed by atoms with E-state index in [9.17, 15) is 14.4 Å². The SMILES string of the molecule is COc1cc(Cl)c(C)cc1NC(=O)C(=O)Nc1ccccc1C(N)=O. The van der Waals surface area contributed by atoms with Crippen LogP contribution in [-0.2, 0) is 9.59 Å². The topological polar surface area (TPSA) is 111 Å². The van der Waals surface area contributed by atoms with Crippen molar-refractivity contribution in [3.05, 3.63) is 52.5 Å². The summed E-state index contributed by atoms with van der Waals surface area (Å²) < 4.78 is 5.14. The van der Waals surface area contributed by atoms with Crippen molar-refractivity contribution in [2.45, 2.75) is 6.92 Å². The number of aryl methyl sites for hydroxylation is 1. The number of benzene rings is 2. The second kappa shape index (κ2) is 7.67. The number of ether oxygens (including phenoxy) is 1. The van der Waals surface area contributed by atoms with Gasteiger partial charge in [0.15, 0.2) is 0 Å². The number of rotatable bonds is 4. The summed E-state index contributed by atoms with van der Waals surface area (Å²) in [6, 6.07) is 9.24. The minimum atomic E-state index is -0.955. The Morgan fingerprint density at radius 1 is 1.04 bits per heavy atom. The van der Waals surface area contributed by atoms with Gasteiger partial charge in [-0.1, -0.05) is 23.7 Å². The van der Waals surface area contributed by atoms with Crippen molar-refractivity contribution in [3.63, 3.8) is 0 Å². The number of para-hydroxylation sites is 1. The Morgan fingerprint density at radius 2 is 1.64 bits per heavy atom. The summed E-state index contributed by atoms with van der Waals surface area (Å²) in [6.07, 6.45) is 0. The monoisotopic (exact) mass is 361 g/mol. The van der Waals surface area contributed by atoms with Crippen LogP contribution in [0.15, 0.2) is 36.4 Å². The van der Waals surface area contributed by atoms with Gasteiger partial charge in [0, 0.05) is 11.1 Å². The van der Waals surface area contributed by atoms with E-state index < -0.39 is 17.7 Å². The van der Waals surface area contributed by atoms with Gasteiger partial charge >= 0.3 is 11.8 Å². The first kappa shape index (κ1) is 18.3. The smallest absolute Gasteiger partial charge is 0.314 e. The molecule has 0 heterocycles. The van der Waals surface area contributed by atoms with Crippen LogP contribution in [0.5, 0.6) is 5.75 Å². The maximum absolute atomic E-state index is 12.1. The summed E-state index contributed by atoms with van der Waals surface area (Å²) in [5.41, 5.74) is 6.49. The number of amides is 3. The Balaban J connectivity index is 2.18. The van der Waals surface area contributed by atoms with Crippen molar-refractivity contribution in [3.8, 4) is 5.75 Å². The Hall–Kier alpha value is -3.06. The molecule has 0 radical (unpaired) electrons. The van der Waals surface area contributed by atoms with Crippen LogP contribution in [0.1, 0.15) is 15.9 Å². The van der Waals surface area contributed by atoms with Gasteiger partial charge in [0.1, 0.15) is 5.75 Å². The van der Waals surface area contributed by atoms with E-state index in [1.807, 2.05) is 0 Å². The molecule has 7 nitrogen and oxygen atoms in total. The zero-order valence-corrected chi connectivity index (χ0v) is 14.3. The van der Waals surface area contributed by atoms with Crippen LogP contribution in [0.3, 0.4) is 0 Å². The highest BCUT2D eigenvalue weighted by molar-refractivity contribution is 6.44. The Bertz CT molecular complexity index is 852. The van der Waals surface area contributed by atoms with Gasteiger partial charge in [-0.3, -0.25) is 14.4 Å². The lowest BCUT2D eigenvalue weighted by Gasteiger charge is -2.13. The molecule has 0 atom stereocenters. The van der Waals surface area contributed by atoms with Crippen LogP contribution in [0.2, 0.25) is 5.02 Å². The van der Waals surface area contributed by atoms with Gasteiger partial charge in [-0.05, 0) is 30.7 Å². The molecule has 130 valence electrons. The van der Waals surface area contributed by atoms with E-state index in [0.717, 1.165) is 0 Å². The summed E-state index contributed by atoms with van der Waals surface area (Å²) in [6.45, 7) is 1.75. The molecule has 0 bridgehead atoms. The maximum atomic E-state index is 12.1. The zero-order chi connectivity index (χ0) is 18.6. The Kier molecular flexibility index (Phi) is 5.61. The number of anilines is 2. The number of nitrogens with two attached hydrogens (primary N) is 1. The fraction of sp³-hybridized carbons (Fsp3) is 0.118. The molecule has 0 unspecified atom stereocenters. The molecule has 0 aliphatic rings. The minimum absolute atomic E-state index is 0.101. The highest BCUT2D eigenvalue weighted by Crippen LogP contribution is 2.30. The van der Waals surface area contributed by atoms with Gasteiger partial charge in [0.25, 0.3) is 5.91 Å². The number of carbonyl (C=O) groups is 3. The molecule has 2 aromatic carbocycles. The average molecular weight is 362 g/mol. The highest BCUT2D eigenvalue weighted by Gasteiger charge is 2.19. The molecule has 0 saturated carbocycles. The summed E-state index contributed by atoms with van der Waals surface area (Å²) in [5.74, 6) is -2.29. The van der Waals surface area contributed by atoms with Crippen LogP contribution in [-0.4, -0.2) is 24.8 Å². The lowest BCUT2D eigenvalue weighted by Crippen LogP contribution is -2.30. The normalized spacial score (nSPS) is 10.0. The van der Waals surface area contributed by atoms with Crippen molar-refractivity contribution in [1.29, 1.82) is 0 Å². The van der Waals surface area contributed by atoms with E-state index in [1.54, 1.807) is 25.1 Å². The van der Waals surface area contributed by atoms with Crippen LogP contribution < -0.4 is 21.1 Å². The first-order valence-electron chi connectivity index (χ1n) is 7.18. The largest absolute Gasteiger partial charge is 0.495 e. The zero-order valence-electron chi connectivity index (χ0n) is 13.6. The molecule has 0 aromatic heterocycles. The third-order valence-corrected chi connectivity index (χ3v) is 3.78. The predicted octanol–water partition coefficient (Wildman–Crippen LogP) is 2.33. The van der Waals surface area contributed by atoms with Crippen molar-refractivity contribution in [2.75, 3.05) is 17.7 Å². The lowest BCUT2D eigenvalue weighted by molar-refractivity contribution is -0.133. The number of hydrogen-bond donors (Lipinski definition) is 3. The third-order valence-electron chi connectivity index (χ3n) is 3.38. The van der Waals surface area contributed by atoms with Gasteiger partial charge < -0.3 is 21.1 Å². The van der Waals surface area contributed by atoms with E-state index in [1.165, 1.54) is 25.3 Å². The van der Waals surface area contributed by atoms with E-state index in [0.29, 0.717) is 22.0 Å². The van der Waals surface area contributed by atoms with Crippen molar-refractivity contribution in [1.82, 2.24) is 0 Å². The quantitative estimate of drug-likeness (QED) is 0.726. The molecule has 0 saturated heterocycles. The van der Waals surface area contributed by atoms with E-state index >= 15 is 0 Å². The Morgan fingerprint density at radius 3 is 2.24 bits per heavy atom. The Labute approximate surface area is 149 Å². The maximum Gasteiger partial charge on any atom is 0.314 e. The first-order valence-corrected chi connectivity index (χ1v) is 7.56. The molecule has 0 aliphatic carbocycles. The van der Waals surface area contributed by atoms with Crippen molar-refractivity contribution >= 4 is 40.7 Å². The van der Waals surface area contributed by atoms with Gasteiger partial charge in [0.05, 0.1) is 24.0 Å². The van der Waals surface area contributed by atoms with Gasteiger partial charge in [-0.2, -0.15) is 0 Å². The third kappa shape index (κ3) is 4.27. The molecule has 0 aliphatic heterocycles. The van der Waals surface area contributed by atoms with Crippen LogP contribution in [0.4, 0.5) is 11.4 Å². The molecule has 2 rings (SSSR count). The summed E-state index contributed by atoms with van der Waals surface area (Å²) in [7, 11) is 1.42. The lowest BCUT2D eigenvalue weighted by atomic mass is 10.1. The van der Waals surface area contributed by atoms with Gasteiger partial charge in [-0.25, -0.2) is 0 Å². The first-order chi connectivity index (χ1) is 11.8. The van der Waals surface area contributed by atoms with Gasteiger partial charge in [0.2, 0.25) is 0 Å². The van der Waals surface area contributed by atoms with E-state index in [-0.39, 0.29) is 11.3 Å². The van der Waals surface area contributed by atoms with Crippen LogP contribution in [0, 0.1) is 6.92 Å². The second-order valence-electron chi connectivity index (χ2n) is 5.12. The number of hydrogen-bond acceptors (Lipinski definition) is 4. The number of carbonyl (C=O) groups excluding carboxylic acids is 3. The van der Waals surface area contributed by atoms with E-state index in [2.05, 4.69) is 10.6 Å². The molecule has 3 amide bonds. The van der Waals surface area contributed by atoms with Crippen molar-refractivity contribution in [2.24, 2.45) is 5.73 Å². The minimum Gasteiger partial charge on any atom is -0.495 e. The standard InChI is InChI=1S/C17H16ClN3O4/c1-9-7-13(14(25-2)8-11(9)18)21-17(24)16(23)20-12-6-4-3-5-10(12)15(19)22/h3-8H,1-2H3,(H2,19,22)(H,20,23)(H,21,24). The molecule has 0 fully saturated rings.